The molecule has 0 aliphatic carbocycles. The fourth-order valence-corrected chi connectivity index (χ4v) is 2.27. The molecule has 1 heterocycles. The van der Waals surface area contributed by atoms with E-state index in [2.05, 4.69) is 18.0 Å². The van der Waals surface area contributed by atoms with Crippen molar-refractivity contribution in [2.45, 2.75) is 52.0 Å². The van der Waals surface area contributed by atoms with Gasteiger partial charge in [0.2, 0.25) is 0 Å². The molecule has 1 N–H and O–H groups in total. The molecule has 0 aromatic carbocycles. The average molecular weight is 235 g/mol. The van der Waals surface area contributed by atoms with Gasteiger partial charge in [0, 0.05) is 11.6 Å². The van der Waals surface area contributed by atoms with Crippen LogP contribution in [0.25, 0.3) is 0 Å². The summed E-state index contributed by atoms with van der Waals surface area (Å²) >= 11 is 0. The van der Waals surface area contributed by atoms with Crippen LogP contribution < -0.4 is 5.32 Å². The molecular formula is C15H25NO. The highest BCUT2D eigenvalue weighted by Crippen LogP contribution is 2.25. The Morgan fingerprint density at radius 2 is 2.12 bits per heavy atom. The van der Waals surface area contributed by atoms with Crippen LogP contribution in [0.15, 0.2) is 23.1 Å². The molecule has 1 unspecified atom stereocenters. The van der Waals surface area contributed by atoms with Crippen molar-refractivity contribution in [3.05, 3.63) is 35.8 Å². The molecule has 96 valence electrons. The Bertz CT molecular complexity index is 341. The van der Waals surface area contributed by atoms with Gasteiger partial charge < -0.3 is 9.73 Å². The Morgan fingerprint density at radius 3 is 2.65 bits per heavy atom. The maximum atomic E-state index is 5.59. The lowest BCUT2D eigenvalue weighted by molar-refractivity contribution is 0.473. The van der Waals surface area contributed by atoms with E-state index in [1.807, 2.05) is 27.0 Å². The van der Waals surface area contributed by atoms with E-state index in [0.717, 1.165) is 17.9 Å². The van der Waals surface area contributed by atoms with Crippen molar-refractivity contribution in [1.82, 2.24) is 5.32 Å². The van der Waals surface area contributed by atoms with Gasteiger partial charge in [-0.25, -0.2) is 0 Å². The van der Waals surface area contributed by atoms with Gasteiger partial charge in [0.1, 0.15) is 11.5 Å². The minimum Gasteiger partial charge on any atom is -0.466 e. The minimum atomic E-state index is 0.427. The van der Waals surface area contributed by atoms with Crippen LogP contribution in [0, 0.1) is 13.8 Å². The molecular weight excluding hydrogens is 210 g/mol. The molecule has 17 heavy (non-hydrogen) atoms. The van der Waals surface area contributed by atoms with Crippen molar-refractivity contribution >= 4 is 0 Å². The molecule has 2 nitrogen and oxygen atoms in total. The van der Waals surface area contributed by atoms with E-state index in [9.17, 15) is 0 Å². The fraction of sp³-hybridized carbons (Fsp3) is 0.600. The quantitative estimate of drug-likeness (QED) is 0.537. The standard InChI is InChI=1S/C15H25NO/c1-5-6-7-8-9-10-15(16-4)14-11-12(2)17-13(14)3/h5,11,15-16H,1,6-10H2,2-4H3. The molecule has 2 heteroatoms. The molecule has 0 saturated carbocycles. The monoisotopic (exact) mass is 235 g/mol. The van der Waals surface area contributed by atoms with Gasteiger partial charge in [-0.05, 0) is 46.2 Å². The summed E-state index contributed by atoms with van der Waals surface area (Å²) in [6.07, 6.45) is 8.09. The number of unbranched alkanes of at least 4 members (excludes halogenated alkanes) is 3. The second-order valence-corrected chi connectivity index (χ2v) is 4.64. The van der Waals surface area contributed by atoms with Crippen LogP contribution in [0.3, 0.4) is 0 Å². The van der Waals surface area contributed by atoms with E-state index in [1.54, 1.807) is 0 Å². The third kappa shape index (κ3) is 4.39. The third-order valence-corrected chi connectivity index (χ3v) is 3.20. The lowest BCUT2D eigenvalue weighted by Gasteiger charge is -2.15. The van der Waals surface area contributed by atoms with Crippen molar-refractivity contribution < 1.29 is 4.42 Å². The number of rotatable bonds is 8. The van der Waals surface area contributed by atoms with Crippen molar-refractivity contribution in [2.24, 2.45) is 0 Å². The summed E-state index contributed by atoms with van der Waals surface area (Å²) < 4.78 is 5.59. The lowest BCUT2D eigenvalue weighted by Crippen LogP contribution is -2.16. The average Bonchev–Trinajstić information content (AvgIpc) is 2.63. The van der Waals surface area contributed by atoms with Crippen molar-refractivity contribution in [1.29, 1.82) is 0 Å². The second-order valence-electron chi connectivity index (χ2n) is 4.64. The molecule has 1 aromatic rings. The van der Waals surface area contributed by atoms with Gasteiger partial charge in [-0.15, -0.1) is 6.58 Å². The Morgan fingerprint density at radius 1 is 1.35 bits per heavy atom. The van der Waals surface area contributed by atoms with Gasteiger partial charge in [-0.2, -0.15) is 0 Å². The largest absolute Gasteiger partial charge is 0.466 e. The van der Waals surface area contributed by atoms with Crippen LogP contribution in [-0.2, 0) is 0 Å². The van der Waals surface area contributed by atoms with Crippen LogP contribution in [0.2, 0.25) is 0 Å². The molecule has 0 aliphatic heterocycles. The highest BCUT2D eigenvalue weighted by Gasteiger charge is 2.14. The zero-order chi connectivity index (χ0) is 12.7. The van der Waals surface area contributed by atoms with Crippen LogP contribution in [0.4, 0.5) is 0 Å². The maximum absolute atomic E-state index is 5.59. The molecule has 0 fully saturated rings. The summed E-state index contributed by atoms with van der Waals surface area (Å²) in [5.41, 5.74) is 1.31. The molecule has 1 rings (SSSR count). The summed E-state index contributed by atoms with van der Waals surface area (Å²) in [6.45, 7) is 7.80. The molecule has 0 amide bonds. The Kier molecular flexibility index (Phi) is 6.06. The predicted molar refractivity (Wildman–Crippen MR) is 73.3 cm³/mol. The Labute approximate surface area is 105 Å². The van der Waals surface area contributed by atoms with Gasteiger partial charge >= 0.3 is 0 Å². The summed E-state index contributed by atoms with van der Waals surface area (Å²) in [6, 6.07) is 2.58. The van der Waals surface area contributed by atoms with Crippen LogP contribution in [0.1, 0.15) is 55.2 Å². The number of hydrogen-bond donors (Lipinski definition) is 1. The van der Waals surface area contributed by atoms with Crippen LogP contribution in [-0.4, -0.2) is 7.05 Å². The fourth-order valence-electron chi connectivity index (χ4n) is 2.27. The first kappa shape index (κ1) is 14.0. The second kappa shape index (κ2) is 7.33. The highest BCUT2D eigenvalue weighted by molar-refractivity contribution is 5.23. The SMILES string of the molecule is C=CCCCCCC(NC)c1cc(C)oc1C. The molecule has 0 spiro atoms. The normalized spacial score (nSPS) is 12.6. The van der Waals surface area contributed by atoms with Gasteiger partial charge in [-0.3, -0.25) is 0 Å². The number of aryl methyl sites for hydroxylation is 2. The van der Waals surface area contributed by atoms with Crippen molar-refractivity contribution in [3.8, 4) is 0 Å². The van der Waals surface area contributed by atoms with E-state index in [1.165, 1.54) is 31.2 Å². The predicted octanol–water partition coefficient (Wildman–Crippen LogP) is 4.29. The number of hydrogen-bond acceptors (Lipinski definition) is 2. The molecule has 0 aliphatic rings. The zero-order valence-corrected chi connectivity index (χ0v) is 11.4. The summed E-state index contributed by atoms with van der Waals surface area (Å²) in [7, 11) is 2.02. The molecule has 0 radical (unpaired) electrons. The topological polar surface area (TPSA) is 25.2 Å². The number of nitrogens with one attached hydrogen (secondary N) is 1. The smallest absolute Gasteiger partial charge is 0.105 e. The maximum Gasteiger partial charge on any atom is 0.105 e. The van der Waals surface area contributed by atoms with Gasteiger partial charge in [0.15, 0.2) is 0 Å². The van der Waals surface area contributed by atoms with Gasteiger partial charge in [0.05, 0.1) is 0 Å². The molecule has 0 bridgehead atoms. The van der Waals surface area contributed by atoms with Gasteiger partial charge in [-0.1, -0.05) is 18.9 Å². The summed E-state index contributed by atoms with van der Waals surface area (Å²) in [5, 5.41) is 3.38. The molecule has 1 atom stereocenters. The van der Waals surface area contributed by atoms with E-state index in [0.29, 0.717) is 6.04 Å². The van der Waals surface area contributed by atoms with E-state index in [4.69, 9.17) is 4.42 Å². The highest BCUT2D eigenvalue weighted by atomic mass is 16.3. The van der Waals surface area contributed by atoms with Crippen LogP contribution in [0.5, 0.6) is 0 Å². The Hall–Kier alpha value is -1.02. The van der Waals surface area contributed by atoms with Crippen molar-refractivity contribution in [2.75, 3.05) is 7.05 Å². The Balaban J connectivity index is 2.43. The zero-order valence-electron chi connectivity index (χ0n) is 11.4. The molecule has 1 aromatic heterocycles. The van der Waals surface area contributed by atoms with E-state index in [-0.39, 0.29) is 0 Å². The van der Waals surface area contributed by atoms with Gasteiger partial charge in [0.25, 0.3) is 0 Å². The number of allylic oxidation sites excluding steroid dienone is 1. The lowest BCUT2D eigenvalue weighted by atomic mass is 10.0. The molecule has 0 saturated heterocycles. The summed E-state index contributed by atoms with van der Waals surface area (Å²) in [4.78, 5) is 0. The minimum absolute atomic E-state index is 0.427. The van der Waals surface area contributed by atoms with Crippen molar-refractivity contribution in [3.63, 3.8) is 0 Å². The van der Waals surface area contributed by atoms with E-state index < -0.39 is 0 Å². The van der Waals surface area contributed by atoms with Crippen LogP contribution >= 0.6 is 0 Å². The first-order valence-corrected chi connectivity index (χ1v) is 6.54. The number of furan rings is 1. The van der Waals surface area contributed by atoms with E-state index >= 15 is 0 Å². The summed E-state index contributed by atoms with van der Waals surface area (Å²) in [5.74, 6) is 2.05. The first-order valence-electron chi connectivity index (χ1n) is 6.54. The first-order chi connectivity index (χ1) is 8.19. The third-order valence-electron chi connectivity index (χ3n) is 3.20.